The summed E-state index contributed by atoms with van der Waals surface area (Å²) in [5.41, 5.74) is 1.15. The van der Waals surface area contributed by atoms with Crippen molar-refractivity contribution in [3.63, 3.8) is 0 Å². The van der Waals surface area contributed by atoms with Crippen LogP contribution in [0.2, 0.25) is 0 Å². The molecule has 0 bridgehead atoms. The van der Waals surface area contributed by atoms with Gasteiger partial charge < -0.3 is 25.0 Å². The van der Waals surface area contributed by atoms with Crippen LogP contribution in [0.3, 0.4) is 0 Å². The predicted octanol–water partition coefficient (Wildman–Crippen LogP) is 2.04. The van der Waals surface area contributed by atoms with Gasteiger partial charge in [-0.15, -0.1) is 24.0 Å². The SMILES string of the molecule is CCNC(=NCC(c1cnn(C)c1)N(C)C)NCC1COc2ccccc2O1.I. The number of hydrogen-bond donors (Lipinski definition) is 2. The van der Waals surface area contributed by atoms with Crippen molar-refractivity contribution in [2.75, 3.05) is 40.3 Å². The minimum absolute atomic E-state index is 0. The highest BCUT2D eigenvalue weighted by molar-refractivity contribution is 14.0. The zero-order valence-corrected chi connectivity index (χ0v) is 19.8. The quantitative estimate of drug-likeness (QED) is 0.335. The Morgan fingerprint density at radius 1 is 1.31 bits per heavy atom. The zero-order valence-electron chi connectivity index (χ0n) is 17.5. The predicted molar refractivity (Wildman–Crippen MR) is 125 cm³/mol. The number of nitrogens with zero attached hydrogens (tertiary/aromatic N) is 4. The highest BCUT2D eigenvalue weighted by Gasteiger charge is 2.21. The molecular formula is C20H31IN6O2. The minimum Gasteiger partial charge on any atom is -0.486 e. The maximum absolute atomic E-state index is 6.01. The first-order valence-corrected chi connectivity index (χ1v) is 9.62. The van der Waals surface area contributed by atoms with Crippen LogP contribution in [0.4, 0.5) is 0 Å². The lowest BCUT2D eigenvalue weighted by Crippen LogP contribution is -2.45. The summed E-state index contributed by atoms with van der Waals surface area (Å²) >= 11 is 0. The Balaban J connectivity index is 0.00000300. The van der Waals surface area contributed by atoms with E-state index in [2.05, 4.69) is 41.7 Å². The van der Waals surface area contributed by atoms with E-state index in [-0.39, 0.29) is 36.1 Å². The van der Waals surface area contributed by atoms with Crippen LogP contribution < -0.4 is 20.1 Å². The number of benzene rings is 1. The van der Waals surface area contributed by atoms with E-state index in [0.717, 1.165) is 29.6 Å². The smallest absolute Gasteiger partial charge is 0.191 e. The largest absolute Gasteiger partial charge is 0.486 e. The van der Waals surface area contributed by atoms with Crippen molar-refractivity contribution in [2.45, 2.75) is 19.1 Å². The van der Waals surface area contributed by atoms with E-state index in [9.17, 15) is 0 Å². The summed E-state index contributed by atoms with van der Waals surface area (Å²) in [5.74, 6) is 2.34. The molecule has 0 saturated heterocycles. The summed E-state index contributed by atoms with van der Waals surface area (Å²) in [6.07, 6.45) is 3.86. The van der Waals surface area contributed by atoms with Crippen LogP contribution in [-0.4, -0.2) is 67.1 Å². The molecule has 1 aliphatic heterocycles. The van der Waals surface area contributed by atoms with Gasteiger partial charge in [0.25, 0.3) is 0 Å². The molecule has 3 rings (SSSR count). The Hall–Kier alpha value is -2.01. The number of guanidine groups is 1. The first-order valence-electron chi connectivity index (χ1n) is 9.62. The average Bonchev–Trinajstić information content (AvgIpc) is 3.11. The number of fused-ring (bicyclic) bond motifs is 1. The maximum Gasteiger partial charge on any atom is 0.191 e. The monoisotopic (exact) mass is 514 g/mol. The van der Waals surface area contributed by atoms with Crippen LogP contribution in [0.25, 0.3) is 0 Å². The first kappa shape index (κ1) is 23.3. The number of hydrogen-bond acceptors (Lipinski definition) is 5. The molecule has 0 saturated carbocycles. The lowest BCUT2D eigenvalue weighted by Gasteiger charge is -2.27. The van der Waals surface area contributed by atoms with Crippen molar-refractivity contribution in [3.05, 3.63) is 42.2 Å². The van der Waals surface area contributed by atoms with E-state index in [0.29, 0.717) is 19.7 Å². The zero-order chi connectivity index (χ0) is 19.9. The molecule has 0 fully saturated rings. The Morgan fingerprint density at radius 2 is 2.07 bits per heavy atom. The second-order valence-electron chi connectivity index (χ2n) is 7.02. The summed E-state index contributed by atoms with van der Waals surface area (Å²) in [5, 5.41) is 10.9. The molecule has 1 aromatic heterocycles. The Kier molecular flexibility index (Phi) is 9.02. The molecule has 0 spiro atoms. The van der Waals surface area contributed by atoms with Gasteiger partial charge in [0.05, 0.1) is 25.3 Å². The van der Waals surface area contributed by atoms with Crippen LogP contribution >= 0.6 is 24.0 Å². The van der Waals surface area contributed by atoms with Gasteiger partial charge in [-0.25, -0.2) is 0 Å². The van der Waals surface area contributed by atoms with Gasteiger partial charge in [0.2, 0.25) is 0 Å². The van der Waals surface area contributed by atoms with E-state index in [1.807, 2.05) is 48.4 Å². The van der Waals surface area contributed by atoms with Gasteiger partial charge in [-0.3, -0.25) is 9.67 Å². The van der Waals surface area contributed by atoms with E-state index >= 15 is 0 Å². The fourth-order valence-electron chi connectivity index (χ4n) is 3.07. The topological polar surface area (TPSA) is 75.9 Å². The number of ether oxygens (including phenoxy) is 2. The summed E-state index contributed by atoms with van der Waals surface area (Å²) in [6, 6.07) is 7.90. The summed E-state index contributed by atoms with van der Waals surface area (Å²) in [7, 11) is 6.03. The molecule has 1 aliphatic rings. The van der Waals surface area contributed by atoms with Crippen LogP contribution in [-0.2, 0) is 7.05 Å². The van der Waals surface area contributed by atoms with E-state index < -0.39 is 0 Å². The van der Waals surface area contributed by atoms with Crippen LogP contribution in [0.1, 0.15) is 18.5 Å². The summed E-state index contributed by atoms with van der Waals surface area (Å²) < 4.78 is 13.6. The third-order valence-corrected chi connectivity index (χ3v) is 4.56. The molecule has 8 nitrogen and oxygen atoms in total. The molecule has 2 N–H and O–H groups in total. The number of aromatic nitrogens is 2. The highest BCUT2D eigenvalue weighted by Crippen LogP contribution is 2.30. The number of aliphatic imine (C=N–C) groups is 1. The molecule has 2 unspecified atom stereocenters. The molecule has 2 atom stereocenters. The molecule has 160 valence electrons. The fraction of sp³-hybridized carbons (Fsp3) is 0.500. The summed E-state index contributed by atoms with van der Waals surface area (Å²) in [4.78, 5) is 6.92. The average molecular weight is 514 g/mol. The molecule has 0 radical (unpaired) electrons. The van der Waals surface area contributed by atoms with Gasteiger partial charge in [0.1, 0.15) is 12.7 Å². The Morgan fingerprint density at radius 3 is 2.72 bits per heavy atom. The molecule has 1 aromatic carbocycles. The van der Waals surface area contributed by atoms with Crippen LogP contribution in [0.5, 0.6) is 11.5 Å². The number of likely N-dealkylation sites (N-methyl/N-ethyl adjacent to an activating group) is 1. The number of halogens is 1. The molecule has 0 amide bonds. The van der Waals surface area contributed by atoms with E-state index in [1.54, 1.807) is 0 Å². The van der Waals surface area contributed by atoms with Gasteiger partial charge in [-0.2, -0.15) is 5.10 Å². The Bertz CT molecular complexity index is 795. The van der Waals surface area contributed by atoms with Crippen molar-refractivity contribution in [3.8, 4) is 11.5 Å². The third kappa shape index (κ3) is 6.49. The normalized spacial score (nSPS) is 16.9. The standard InChI is InChI=1S/C20H30N6O2.HI/c1-5-21-20(23-12-17(25(2)3)15-10-24-26(4)13-15)22-11-16-14-27-18-8-6-7-9-19(18)28-16;/h6-10,13,16-17H,5,11-12,14H2,1-4H3,(H2,21,22,23);1H. The van der Waals surface area contributed by atoms with Gasteiger partial charge in [0.15, 0.2) is 17.5 Å². The lowest BCUT2D eigenvalue weighted by molar-refractivity contribution is 0.0936. The molecule has 9 heteroatoms. The molecular weight excluding hydrogens is 483 g/mol. The lowest BCUT2D eigenvalue weighted by atomic mass is 10.1. The summed E-state index contributed by atoms with van der Waals surface area (Å²) in [6.45, 7) is 4.59. The fourth-order valence-corrected chi connectivity index (χ4v) is 3.07. The van der Waals surface area contributed by atoms with Crippen molar-refractivity contribution in [2.24, 2.45) is 12.0 Å². The third-order valence-electron chi connectivity index (χ3n) is 4.56. The minimum atomic E-state index is -0.0678. The number of aryl methyl sites for hydroxylation is 1. The van der Waals surface area contributed by atoms with Crippen molar-refractivity contribution in [1.82, 2.24) is 25.3 Å². The van der Waals surface area contributed by atoms with E-state index in [4.69, 9.17) is 14.5 Å². The van der Waals surface area contributed by atoms with Crippen LogP contribution in [0, 0.1) is 0 Å². The molecule has 29 heavy (non-hydrogen) atoms. The number of rotatable bonds is 7. The Labute approximate surface area is 189 Å². The van der Waals surface area contributed by atoms with Gasteiger partial charge in [-0.05, 0) is 33.2 Å². The number of para-hydroxylation sites is 2. The number of nitrogens with one attached hydrogen (secondary N) is 2. The highest BCUT2D eigenvalue weighted by atomic mass is 127. The first-order chi connectivity index (χ1) is 13.6. The van der Waals surface area contributed by atoms with E-state index in [1.165, 1.54) is 0 Å². The van der Waals surface area contributed by atoms with Crippen molar-refractivity contribution < 1.29 is 9.47 Å². The molecule has 2 aromatic rings. The molecule has 0 aliphatic carbocycles. The van der Waals surface area contributed by atoms with Gasteiger partial charge >= 0.3 is 0 Å². The van der Waals surface area contributed by atoms with Gasteiger partial charge in [0, 0.05) is 25.4 Å². The van der Waals surface area contributed by atoms with Crippen LogP contribution in [0.15, 0.2) is 41.7 Å². The van der Waals surface area contributed by atoms with Crippen molar-refractivity contribution >= 4 is 29.9 Å². The molecule has 2 heterocycles. The second-order valence-corrected chi connectivity index (χ2v) is 7.02. The maximum atomic E-state index is 6.01. The van der Waals surface area contributed by atoms with Gasteiger partial charge in [-0.1, -0.05) is 12.1 Å². The second kappa shape index (κ2) is 11.2. The van der Waals surface area contributed by atoms with Crippen molar-refractivity contribution in [1.29, 1.82) is 0 Å².